The Labute approximate surface area is 171 Å². The average molecular weight is 513 g/mol. The number of hydrogen-bond acceptors (Lipinski definition) is 7. The van der Waals surface area contributed by atoms with E-state index in [2.05, 4.69) is 25.6 Å². The number of hydrogen-bond donors (Lipinski definition) is 3. The molecule has 0 aliphatic heterocycles. The standard InChI is InChI=1S/C14H11BrClN3O7S2/c1-25-9-3-2-6(4-10(9)27(17,21)22)19-28(23,24)13-7(15)5-8-12(11(13)16)26-14(20)18-8/h2-5,19H,1H3,(H,18,20)(H2,17,21,22). The predicted octanol–water partition coefficient (Wildman–Crippen LogP) is 1.99. The molecule has 2 aromatic carbocycles. The first-order valence-corrected chi connectivity index (χ1v) is 11.4. The van der Waals surface area contributed by atoms with E-state index in [1.165, 1.54) is 25.3 Å². The minimum atomic E-state index is -4.32. The van der Waals surface area contributed by atoms with Crippen molar-refractivity contribution in [3.63, 3.8) is 0 Å². The van der Waals surface area contributed by atoms with Crippen LogP contribution in [-0.2, 0) is 20.0 Å². The average Bonchev–Trinajstić information content (AvgIpc) is 2.94. The fourth-order valence-corrected chi connectivity index (χ4v) is 6.05. The molecule has 0 fully saturated rings. The maximum absolute atomic E-state index is 12.8. The van der Waals surface area contributed by atoms with Gasteiger partial charge >= 0.3 is 5.76 Å². The SMILES string of the molecule is COc1ccc(NS(=O)(=O)c2c(Br)cc3[nH]c(=O)oc3c2Cl)cc1S(N)(=O)=O. The lowest BCUT2D eigenvalue weighted by Crippen LogP contribution is -2.17. The third-order valence-corrected chi connectivity index (χ3v) is 7.31. The first kappa shape index (κ1) is 20.7. The molecule has 0 aliphatic carbocycles. The number of H-pyrrole nitrogens is 1. The molecule has 0 bridgehead atoms. The van der Waals surface area contributed by atoms with Crippen LogP contribution in [-0.4, -0.2) is 28.9 Å². The summed E-state index contributed by atoms with van der Waals surface area (Å²) in [6, 6.07) is 4.83. The van der Waals surface area contributed by atoms with Crippen molar-refractivity contribution in [2.24, 2.45) is 5.14 Å². The highest BCUT2D eigenvalue weighted by molar-refractivity contribution is 9.10. The van der Waals surface area contributed by atoms with Gasteiger partial charge in [0.05, 0.1) is 18.3 Å². The lowest BCUT2D eigenvalue weighted by atomic mass is 10.3. The predicted molar refractivity (Wildman–Crippen MR) is 105 cm³/mol. The molecule has 0 radical (unpaired) electrons. The molecular formula is C14H11BrClN3O7S2. The third kappa shape index (κ3) is 3.75. The molecule has 150 valence electrons. The smallest absolute Gasteiger partial charge is 0.417 e. The molecule has 1 heterocycles. The number of aromatic nitrogens is 1. The summed E-state index contributed by atoms with van der Waals surface area (Å²) >= 11 is 9.22. The quantitative estimate of drug-likeness (QED) is 0.471. The van der Waals surface area contributed by atoms with Crippen molar-refractivity contribution < 1.29 is 26.0 Å². The Morgan fingerprint density at radius 3 is 2.54 bits per heavy atom. The van der Waals surface area contributed by atoms with E-state index < -0.39 is 35.6 Å². The van der Waals surface area contributed by atoms with Crippen LogP contribution in [0.3, 0.4) is 0 Å². The maximum atomic E-state index is 12.8. The van der Waals surface area contributed by atoms with Crippen LogP contribution in [0.4, 0.5) is 5.69 Å². The summed E-state index contributed by atoms with van der Waals surface area (Å²) in [5.41, 5.74) is -0.0552. The number of methoxy groups -OCH3 is 1. The van der Waals surface area contributed by atoms with Gasteiger partial charge in [-0.25, -0.2) is 26.8 Å². The van der Waals surface area contributed by atoms with Crippen molar-refractivity contribution >= 4 is 64.4 Å². The second-order valence-corrected chi connectivity index (χ2v) is 9.79. The molecule has 0 saturated heterocycles. The summed E-state index contributed by atoms with van der Waals surface area (Å²) in [5, 5.41) is 4.79. The van der Waals surface area contributed by atoms with Gasteiger partial charge < -0.3 is 9.15 Å². The molecular weight excluding hydrogens is 502 g/mol. The molecule has 1 aromatic heterocycles. The highest BCUT2D eigenvalue weighted by Gasteiger charge is 2.26. The number of fused-ring (bicyclic) bond motifs is 1. The maximum Gasteiger partial charge on any atom is 0.417 e. The highest BCUT2D eigenvalue weighted by atomic mass is 79.9. The van der Waals surface area contributed by atoms with Crippen LogP contribution in [0, 0.1) is 0 Å². The van der Waals surface area contributed by atoms with E-state index in [4.69, 9.17) is 25.9 Å². The van der Waals surface area contributed by atoms with Crippen LogP contribution in [0.2, 0.25) is 5.02 Å². The molecule has 4 N–H and O–H groups in total. The third-order valence-electron chi connectivity index (χ3n) is 3.55. The minimum Gasteiger partial charge on any atom is -0.495 e. The first-order chi connectivity index (χ1) is 12.9. The number of nitrogens with two attached hydrogens (primary N) is 1. The largest absolute Gasteiger partial charge is 0.495 e. The van der Waals surface area contributed by atoms with Crippen molar-refractivity contribution in [2.45, 2.75) is 9.79 Å². The van der Waals surface area contributed by atoms with Gasteiger partial charge in [0.2, 0.25) is 10.0 Å². The summed E-state index contributed by atoms with van der Waals surface area (Å²) < 4.78 is 61.1. The van der Waals surface area contributed by atoms with Crippen molar-refractivity contribution in [3.05, 3.63) is 44.3 Å². The number of aromatic amines is 1. The Kier molecular flexibility index (Phi) is 5.22. The highest BCUT2D eigenvalue weighted by Crippen LogP contribution is 2.37. The van der Waals surface area contributed by atoms with E-state index in [1.807, 2.05) is 0 Å². The van der Waals surface area contributed by atoms with Crippen LogP contribution < -0.4 is 20.4 Å². The van der Waals surface area contributed by atoms with Crippen LogP contribution in [0.1, 0.15) is 0 Å². The zero-order valence-corrected chi connectivity index (χ0v) is 17.8. The first-order valence-electron chi connectivity index (χ1n) is 7.18. The molecule has 14 heteroatoms. The van der Waals surface area contributed by atoms with Crippen LogP contribution in [0.25, 0.3) is 11.1 Å². The number of benzene rings is 2. The number of anilines is 1. The number of sulfonamides is 2. The molecule has 0 atom stereocenters. The zero-order valence-electron chi connectivity index (χ0n) is 13.8. The Bertz CT molecular complexity index is 1360. The summed E-state index contributed by atoms with van der Waals surface area (Å²) in [7, 11) is -7.26. The van der Waals surface area contributed by atoms with Crippen molar-refractivity contribution in [2.75, 3.05) is 11.8 Å². The van der Waals surface area contributed by atoms with Crippen molar-refractivity contribution in [1.82, 2.24) is 4.98 Å². The van der Waals surface area contributed by atoms with Gasteiger partial charge in [-0.05, 0) is 40.2 Å². The van der Waals surface area contributed by atoms with E-state index >= 15 is 0 Å². The lowest BCUT2D eigenvalue weighted by molar-refractivity contribution is 0.403. The van der Waals surface area contributed by atoms with Gasteiger partial charge in [-0.1, -0.05) is 11.6 Å². The van der Waals surface area contributed by atoms with E-state index in [0.717, 1.165) is 6.07 Å². The number of primary sulfonamides is 1. The van der Waals surface area contributed by atoms with Gasteiger partial charge in [0, 0.05) is 4.47 Å². The Morgan fingerprint density at radius 1 is 1.25 bits per heavy atom. The number of ether oxygens (including phenoxy) is 1. The lowest BCUT2D eigenvalue weighted by Gasteiger charge is -2.13. The van der Waals surface area contributed by atoms with Crippen molar-refractivity contribution in [3.8, 4) is 5.75 Å². The fraction of sp³-hybridized carbons (Fsp3) is 0.0714. The Morgan fingerprint density at radius 2 is 1.93 bits per heavy atom. The van der Waals surface area contributed by atoms with Gasteiger partial charge in [-0.3, -0.25) is 9.71 Å². The van der Waals surface area contributed by atoms with Gasteiger partial charge in [-0.15, -0.1) is 0 Å². The molecule has 3 rings (SSSR count). The van der Waals surface area contributed by atoms with E-state index in [0.29, 0.717) is 0 Å². The molecule has 0 saturated carbocycles. The summed E-state index contributed by atoms with van der Waals surface area (Å²) in [4.78, 5) is 12.9. The normalized spacial score (nSPS) is 12.3. The molecule has 0 aliphatic rings. The van der Waals surface area contributed by atoms with E-state index in [-0.39, 0.29) is 32.0 Å². The molecule has 0 unspecified atom stereocenters. The molecule has 0 amide bonds. The second-order valence-electron chi connectivity index (χ2n) is 5.41. The number of rotatable bonds is 5. The van der Waals surface area contributed by atoms with Gasteiger partial charge in [0.1, 0.15) is 20.6 Å². The molecule has 3 aromatic rings. The minimum absolute atomic E-state index is 0.0507. The second kappa shape index (κ2) is 7.08. The fourth-order valence-electron chi connectivity index (χ4n) is 2.42. The van der Waals surface area contributed by atoms with Crippen LogP contribution in [0.5, 0.6) is 5.75 Å². The summed E-state index contributed by atoms with van der Waals surface area (Å²) in [6.07, 6.45) is 0. The molecule has 10 nitrogen and oxygen atoms in total. The molecule has 0 spiro atoms. The number of nitrogens with one attached hydrogen (secondary N) is 2. The van der Waals surface area contributed by atoms with Gasteiger partial charge in [0.15, 0.2) is 5.58 Å². The van der Waals surface area contributed by atoms with E-state index in [9.17, 15) is 21.6 Å². The Balaban J connectivity index is 2.13. The summed E-state index contributed by atoms with van der Waals surface area (Å²) in [6.45, 7) is 0. The van der Waals surface area contributed by atoms with Crippen LogP contribution >= 0.6 is 27.5 Å². The number of halogens is 2. The van der Waals surface area contributed by atoms with Crippen LogP contribution in [0.15, 0.2) is 47.7 Å². The zero-order chi connectivity index (χ0) is 20.9. The van der Waals surface area contributed by atoms with Crippen molar-refractivity contribution in [1.29, 1.82) is 0 Å². The van der Waals surface area contributed by atoms with E-state index in [1.54, 1.807) is 0 Å². The molecule has 28 heavy (non-hydrogen) atoms. The number of oxazole rings is 1. The summed E-state index contributed by atoms with van der Waals surface area (Å²) in [5.74, 6) is -0.862. The van der Waals surface area contributed by atoms with Gasteiger partial charge in [0.25, 0.3) is 10.0 Å². The van der Waals surface area contributed by atoms with Gasteiger partial charge in [-0.2, -0.15) is 0 Å². The Hall–Kier alpha value is -2.06. The topological polar surface area (TPSA) is 162 Å². The monoisotopic (exact) mass is 511 g/mol.